The summed E-state index contributed by atoms with van der Waals surface area (Å²) in [5, 5.41) is 0. The maximum Gasteiger partial charge on any atom is 0.199 e. The van der Waals surface area contributed by atoms with Gasteiger partial charge in [0, 0.05) is 5.92 Å². The Morgan fingerprint density at radius 3 is 2.78 bits per heavy atom. The quantitative estimate of drug-likeness (QED) is 0.604. The highest BCUT2D eigenvalue weighted by Gasteiger charge is 2.34. The SMILES string of the molecule is CC(C)CC1=C(C(=O)c2ccoc2)C(=O)C(C)C1. The second-order valence-corrected chi connectivity index (χ2v) is 5.39. The molecule has 3 heteroatoms. The highest BCUT2D eigenvalue weighted by molar-refractivity contribution is 6.28. The lowest BCUT2D eigenvalue weighted by Crippen LogP contribution is -2.14. The predicted molar refractivity (Wildman–Crippen MR) is 68.3 cm³/mol. The van der Waals surface area contributed by atoms with E-state index >= 15 is 0 Å². The first-order valence-electron chi connectivity index (χ1n) is 6.33. The van der Waals surface area contributed by atoms with E-state index in [0.29, 0.717) is 17.1 Å². The Labute approximate surface area is 107 Å². The predicted octanol–water partition coefficient (Wildman–Crippen LogP) is 3.41. The Balaban J connectivity index is 2.36. The summed E-state index contributed by atoms with van der Waals surface area (Å²) in [7, 11) is 0. The number of rotatable bonds is 4. The lowest BCUT2D eigenvalue weighted by atomic mass is 9.96. The van der Waals surface area contributed by atoms with Crippen LogP contribution in [0, 0.1) is 11.8 Å². The number of carbonyl (C=O) groups is 2. The van der Waals surface area contributed by atoms with E-state index in [9.17, 15) is 9.59 Å². The average molecular weight is 246 g/mol. The van der Waals surface area contributed by atoms with E-state index in [1.165, 1.54) is 12.5 Å². The minimum absolute atomic E-state index is 0.0168. The van der Waals surface area contributed by atoms with Crippen molar-refractivity contribution < 1.29 is 14.0 Å². The van der Waals surface area contributed by atoms with E-state index in [1.807, 2.05) is 6.92 Å². The van der Waals surface area contributed by atoms with Crippen LogP contribution in [0.3, 0.4) is 0 Å². The fourth-order valence-corrected chi connectivity index (χ4v) is 2.47. The molecule has 96 valence electrons. The summed E-state index contributed by atoms with van der Waals surface area (Å²) in [4.78, 5) is 24.4. The zero-order chi connectivity index (χ0) is 13.3. The summed E-state index contributed by atoms with van der Waals surface area (Å²) < 4.78 is 4.92. The van der Waals surface area contributed by atoms with E-state index in [0.717, 1.165) is 18.4 Å². The van der Waals surface area contributed by atoms with Crippen LogP contribution in [0.2, 0.25) is 0 Å². The molecule has 1 unspecified atom stereocenters. The van der Waals surface area contributed by atoms with Crippen molar-refractivity contribution >= 4 is 11.6 Å². The zero-order valence-electron chi connectivity index (χ0n) is 11.0. The third-order valence-corrected chi connectivity index (χ3v) is 3.27. The molecule has 0 spiro atoms. The summed E-state index contributed by atoms with van der Waals surface area (Å²) in [6.07, 6.45) is 4.39. The lowest BCUT2D eigenvalue weighted by Gasteiger charge is -2.07. The molecule has 0 fully saturated rings. The van der Waals surface area contributed by atoms with Gasteiger partial charge >= 0.3 is 0 Å². The van der Waals surface area contributed by atoms with Crippen molar-refractivity contribution in [1.29, 1.82) is 0 Å². The van der Waals surface area contributed by atoms with Gasteiger partial charge in [-0.2, -0.15) is 0 Å². The number of Topliss-reactive ketones (excluding diaryl/α,β-unsaturated/α-hetero) is 2. The molecule has 2 rings (SSSR count). The van der Waals surface area contributed by atoms with Gasteiger partial charge in [0.05, 0.1) is 17.4 Å². The molecular weight excluding hydrogens is 228 g/mol. The second kappa shape index (κ2) is 4.92. The lowest BCUT2D eigenvalue weighted by molar-refractivity contribution is -0.117. The van der Waals surface area contributed by atoms with Gasteiger partial charge < -0.3 is 4.42 Å². The van der Waals surface area contributed by atoms with E-state index in [2.05, 4.69) is 13.8 Å². The summed E-state index contributed by atoms with van der Waals surface area (Å²) >= 11 is 0. The molecule has 0 aromatic carbocycles. The normalized spacial score (nSPS) is 20.0. The van der Waals surface area contributed by atoms with Gasteiger partial charge in [-0.15, -0.1) is 0 Å². The average Bonchev–Trinajstić information content (AvgIpc) is 2.88. The second-order valence-electron chi connectivity index (χ2n) is 5.39. The van der Waals surface area contributed by atoms with Crippen molar-refractivity contribution in [3.63, 3.8) is 0 Å². The van der Waals surface area contributed by atoms with Crippen LogP contribution in [0.15, 0.2) is 34.2 Å². The van der Waals surface area contributed by atoms with Gasteiger partial charge in [0.25, 0.3) is 0 Å². The molecule has 1 aliphatic rings. The Hall–Kier alpha value is -1.64. The fraction of sp³-hybridized carbons (Fsp3) is 0.467. The summed E-state index contributed by atoms with van der Waals surface area (Å²) in [5.41, 5.74) is 1.88. The van der Waals surface area contributed by atoms with E-state index in [4.69, 9.17) is 4.42 Å². The largest absolute Gasteiger partial charge is 0.472 e. The van der Waals surface area contributed by atoms with Gasteiger partial charge in [-0.3, -0.25) is 9.59 Å². The van der Waals surface area contributed by atoms with Gasteiger partial charge in [0.2, 0.25) is 0 Å². The fourth-order valence-electron chi connectivity index (χ4n) is 2.47. The topological polar surface area (TPSA) is 47.3 Å². The monoisotopic (exact) mass is 246 g/mol. The summed E-state index contributed by atoms with van der Waals surface area (Å²) in [6.45, 7) is 6.08. The highest BCUT2D eigenvalue weighted by Crippen LogP contribution is 2.34. The number of ketones is 2. The number of hydrogen-bond donors (Lipinski definition) is 0. The van der Waals surface area contributed by atoms with E-state index in [-0.39, 0.29) is 17.5 Å². The van der Waals surface area contributed by atoms with Crippen molar-refractivity contribution in [3.8, 4) is 0 Å². The zero-order valence-corrected chi connectivity index (χ0v) is 11.0. The Bertz CT molecular complexity index is 492. The third-order valence-electron chi connectivity index (χ3n) is 3.27. The van der Waals surface area contributed by atoms with Crippen molar-refractivity contribution in [2.24, 2.45) is 11.8 Å². The van der Waals surface area contributed by atoms with Crippen molar-refractivity contribution in [2.45, 2.75) is 33.6 Å². The first kappa shape index (κ1) is 12.8. The number of carbonyl (C=O) groups excluding carboxylic acids is 2. The van der Waals surface area contributed by atoms with Crippen molar-refractivity contribution in [2.75, 3.05) is 0 Å². The molecule has 0 radical (unpaired) electrons. The molecule has 1 heterocycles. The van der Waals surface area contributed by atoms with Crippen LogP contribution in [-0.2, 0) is 4.79 Å². The first-order valence-corrected chi connectivity index (χ1v) is 6.33. The highest BCUT2D eigenvalue weighted by atomic mass is 16.3. The smallest absolute Gasteiger partial charge is 0.199 e. The molecule has 1 aromatic heterocycles. The van der Waals surface area contributed by atoms with Crippen LogP contribution in [0.4, 0.5) is 0 Å². The van der Waals surface area contributed by atoms with E-state index < -0.39 is 0 Å². The van der Waals surface area contributed by atoms with Gasteiger partial charge in [-0.1, -0.05) is 26.3 Å². The van der Waals surface area contributed by atoms with Crippen LogP contribution in [-0.4, -0.2) is 11.6 Å². The minimum Gasteiger partial charge on any atom is -0.472 e. The minimum atomic E-state index is -0.186. The third kappa shape index (κ3) is 2.30. The van der Waals surface area contributed by atoms with Crippen LogP contribution in [0.5, 0.6) is 0 Å². The van der Waals surface area contributed by atoms with Gasteiger partial charge in [-0.25, -0.2) is 0 Å². The van der Waals surface area contributed by atoms with Gasteiger partial charge in [0.15, 0.2) is 11.6 Å². The molecule has 1 atom stereocenters. The molecule has 0 bridgehead atoms. The standard InChI is InChI=1S/C15H18O3/c1-9(2)6-12-7-10(3)14(16)13(12)15(17)11-4-5-18-8-11/h4-5,8-10H,6-7H2,1-3H3. The molecule has 0 saturated carbocycles. The van der Waals surface area contributed by atoms with Crippen LogP contribution in [0.25, 0.3) is 0 Å². The number of hydrogen-bond acceptors (Lipinski definition) is 3. The van der Waals surface area contributed by atoms with Crippen LogP contribution >= 0.6 is 0 Å². The Morgan fingerprint density at radius 1 is 1.50 bits per heavy atom. The molecule has 1 aromatic rings. The molecule has 18 heavy (non-hydrogen) atoms. The number of furan rings is 1. The van der Waals surface area contributed by atoms with Crippen molar-refractivity contribution in [1.82, 2.24) is 0 Å². The molecule has 1 aliphatic carbocycles. The van der Waals surface area contributed by atoms with Crippen molar-refractivity contribution in [3.05, 3.63) is 35.3 Å². The number of allylic oxidation sites excluding steroid dienone is 2. The molecule has 0 N–H and O–H groups in total. The summed E-state index contributed by atoms with van der Waals surface area (Å²) in [5.74, 6) is 0.181. The molecule has 0 saturated heterocycles. The first-order chi connectivity index (χ1) is 8.50. The van der Waals surface area contributed by atoms with Gasteiger partial charge in [0.1, 0.15) is 6.26 Å². The Morgan fingerprint density at radius 2 is 2.22 bits per heavy atom. The molecule has 0 amide bonds. The molecule has 0 aliphatic heterocycles. The van der Waals surface area contributed by atoms with Crippen LogP contribution in [0.1, 0.15) is 44.0 Å². The maximum absolute atomic E-state index is 12.3. The Kier molecular flexibility index (Phi) is 3.50. The van der Waals surface area contributed by atoms with Gasteiger partial charge in [-0.05, 0) is 24.8 Å². The maximum atomic E-state index is 12.3. The molecule has 3 nitrogen and oxygen atoms in total. The van der Waals surface area contributed by atoms with Crippen LogP contribution < -0.4 is 0 Å². The summed E-state index contributed by atoms with van der Waals surface area (Å²) in [6, 6.07) is 1.61. The van der Waals surface area contributed by atoms with E-state index in [1.54, 1.807) is 6.07 Å². The molecular formula is C15H18O3.